The summed E-state index contributed by atoms with van der Waals surface area (Å²) in [7, 11) is 0. The number of amides is 2. The van der Waals surface area contributed by atoms with Crippen LogP contribution in [-0.4, -0.2) is 29.9 Å². The van der Waals surface area contributed by atoms with E-state index in [0.29, 0.717) is 35.6 Å². The van der Waals surface area contributed by atoms with E-state index in [4.69, 9.17) is 4.74 Å². The highest BCUT2D eigenvalue weighted by atomic mass is 19.1. The molecular weight excluding hydrogens is 431 g/mol. The van der Waals surface area contributed by atoms with Crippen molar-refractivity contribution in [3.05, 3.63) is 101 Å². The van der Waals surface area contributed by atoms with Crippen molar-refractivity contribution in [1.29, 1.82) is 0 Å². The number of nitrogens with one attached hydrogen (secondary N) is 1. The molecule has 4 rings (SSSR count). The lowest BCUT2D eigenvalue weighted by Crippen LogP contribution is -2.34. The first-order valence-electron chi connectivity index (χ1n) is 11.4. The van der Waals surface area contributed by atoms with Gasteiger partial charge in [-0.2, -0.15) is 0 Å². The van der Waals surface area contributed by atoms with Gasteiger partial charge >= 0.3 is 0 Å². The van der Waals surface area contributed by atoms with Crippen LogP contribution in [0.3, 0.4) is 0 Å². The molecule has 1 N–H and O–H groups in total. The highest BCUT2D eigenvalue weighted by Crippen LogP contribution is 2.31. The summed E-state index contributed by atoms with van der Waals surface area (Å²) in [6.45, 7) is 4.79. The highest BCUT2D eigenvalue weighted by Gasteiger charge is 2.39. The number of rotatable bonds is 9. The summed E-state index contributed by atoms with van der Waals surface area (Å²) in [6.07, 6.45) is 1.32. The molecule has 0 atom stereocenters. The normalized spacial score (nSPS) is 13.6. The minimum atomic E-state index is -0.387. The van der Waals surface area contributed by atoms with Gasteiger partial charge in [0, 0.05) is 18.3 Å². The molecule has 0 fully saturated rings. The Bertz CT molecular complexity index is 1220. The van der Waals surface area contributed by atoms with Gasteiger partial charge in [-0.25, -0.2) is 4.39 Å². The van der Waals surface area contributed by atoms with Crippen LogP contribution in [0.2, 0.25) is 0 Å². The van der Waals surface area contributed by atoms with Gasteiger partial charge in [0.1, 0.15) is 17.3 Å². The third-order valence-electron chi connectivity index (χ3n) is 5.62. The fourth-order valence-corrected chi connectivity index (χ4v) is 3.80. The maximum atomic E-state index is 13.4. The molecule has 0 bridgehead atoms. The number of anilines is 1. The van der Waals surface area contributed by atoms with Crippen LogP contribution in [0.15, 0.2) is 78.5 Å². The molecule has 1 heterocycles. The number of hydrogen-bond donors (Lipinski definition) is 1. The number of nitrogens with zero attached hydrogens (tertiary/aromatic N) is 1. The van der Waals surface area contributed by atoms with Crippen LogP contribution in [0, 0.1) is 12.7 Å². The van der Waals surface area contributed by atoms with Crippen molar-refractivity contribution in [1.82, 2.24) is 4.90 Å². The molecule has 3 aromatic carbocycles. The summed E-state index contributed by atoms with van der Waals surface area (Å²) in [5.41, 5.74) is 3.82. The van der Waals surface area contributed by atoms with Crippen molar-refractivity contribution >= 4 is 23.1 Å². The van der Waals surface area contributed by atoms with Crippen LogP contribution in [0.25, 0.3) is 5.57 Å². The monoisotopic (exact) mass is 458 g/mol. The molecule has 0 aromatic heterocycles. The second-order valence-corrected chi connectivity index (χ2v) is 8.26. The Kier molecular flexibility index (Phi) is 7.07. The molecule has 0 unspecified atom stereocenters. The van der Waals surface area contributed by atoms with Gasteiger partial charge in [-0.1, -0.05) is 55.0 Å². The number of ether oxygens (including phenoxy) is 1. The average molecular weight is 459 g/mol. The molecule has 6 heteroatoms. The van der Waals surface area contributed by atoms with Gasteiger partial charge in [0.15, 0.2) is 0 Å². The average Bonchev–Trinajstić information content (AvgIpc) is 3.07. The quantitative estimate of drug-likeness (QED) is 0.439. The third kappa shape index (κ3) is 5.17. The van der Waals surface area contributed by atoms with E-state index in [1.807, 2.05) is 62.4 Å². The number of hydrogen-bond acceptors (Lipinski definition) is 4. The van der Waals surface area contributed by atoms with Gasteiger partial charge in [0.25, 0.3) is 11.8 Å². The minimum Gasteiger partial charge on any atom is -0.494 e. The van der Waals surface area contributed by atoms with Crippen LogP contribution in [0.1, 0.15) is 30.0 Å². The second-order valence-electron chi connectivity index (χ2n) is 8.26. The molecule has 0 spiro atoms. The van der Waals surface area contributed by atoms with Gasteiger partial charge in [-0.05, 0) is 55.2 Å². The zero-order valence-electron chi connectivity index (χ0n) is 19.3. The van der Waals surface area contributed by atoms with Crippen LogP contribution in [0.4, 0.5) is 10.1 Å². The maximum Gasteiger partial charge on any atom is 0.278 e. The molecular formula is C28H27FN2O3. The molecule has 3 aromatic rings. The standard InChI is InChI=1S/C28H27FN2O3/c1-3-17-34-24-6-4-5-23(18-24)30-26-25(21-11-7-19(2)8-12-21)27(32)31(28(26)33)16-15-20-9-13-22(29)14-10-20/h4-14,18,30H,3,15-17H2,1-2H3. The molecule has 2 amide bonds. The maximum absolute atomic E-state index is 13.4. The summed E-state index contributed by atoms with van der Waals surface area (Å²) in [6, 6.07) is 20.9. The first-order chi connectivity index (χ1) is 16.5. The SMILES string of the molecule is CCCOc1cccc(NC2=C(c3ccc(C)cc3)C(=O)N(CCc3ccc(F)cc3)C2=O)c1. The van der Waals surface area contributed by atoms with E-state index >= 15 is 0 Å². The summed E-state index contributed by atoms with van der Waals surface area (Å²) >= 11 is 0. The van der Waals surface area contributed by atoms with E-state index in [2.05, 4.69) is 5.32 Å². The molecule has 0 saturated carbocycles. The fourth-order valence-electron chi connectivity index (χ4n) is 3.80. The Balaban J connectivity index is 1.63. The number of aryl methyl sites for hydroxylation is 1. The summed E-state index contributed by atoms with van der Waals surface area (Å²) in [5, 5.41) is 3.17. The lowest BCUT2D eigenvalue weighted by molar-refractivity contribution is -0.136. The van der Waals surface area contributed by atoms with E-state index < -0.39 is 0 Å². The van der Waals surface area contributed by atoms with E-state index in [1.165, 1.54) is 17.0 Å². The highest BCUT2D eigenvalue weighted by molar-refractivity contribution is 6.36. The van der Waals surface area contributed by atoms with Crippen molar-refractivity contribution in [2.24, 2.45) is 0 Å². The number of carbonyl (C=O) groups is 2. The van der Waals surface area contributed by atoms with Crippen molar-refractivity contribution in [2.75, 3.05) is 18.5 Å². The molecule has 0 aliphatic carbocycles. The van der Waals surface area contributed by atoms with Gasteiger partial charge in [-0.15, -0.1) is 0 Å². The van der Waals surface area contributed by atoms with E-state index in [-0.39, 0.29) is 29.9 Å². The number of carbonyl (C=O) groups excluding carboxylic acids is 2. The van der Waals surface area contributed by atoms with Crippen molar-refractivity contribution in [3.63, 3.8) is 0 Å². The van der Waals surface area contributed by atoms with Gasteiger partial charge in [-0.3, -0.25) is 14.5 Å². The molecule has 174 valence electrons. The lowest BCUT2D eigenvalue weighted by atomic mass is 10.0. The Morgan fingerprint density at radius 2 is 1.68 bits per heavy atom. The molecule has 0 radical (unpaired) electrons. The van der Waals surface area contributed by atoms with Crippen molar-refractivity contribution in [3.8, 4) is 5.75 Å². The van der Waals surface area contributed by atoms with Crippen molar-refractivity contribution < 1.29 is 18.7 Å². The van der Waals surface area contributed by atoms with Crippen LogP contribution < -0.4 is 10.1 Å². The minimum absolute atomic E-state index is 0.198. The smallest absolute Gasteiger partial charge is 0.278 e. The van der Waals surface area contributed by atoms with E-state index in [9.17, 15) is 14.0 Å². The predicted octanol–water partition coefficient (Wildman–Crippen LogP) is 5.36. The summed E-state index contributed by atoms with van der Waals surface area (Å²) in [4.78, 5) is 28.1. The van der Waals surface area contributed by atoms with Crippen LogP contribution in [0.5, 0.6) is 5.75 Å². The zero-order chi connectivity index (χ0) is 24.1. The largest absolute Gasteiger partial charge is 0.494 e. The molecule has 1 aliphatic rings. The Labute approximate surface area is 198 Å². The first kappa shape index (κ1) is 23.2. The van der Waals surface area contributed by atoms with Crippen molar-refractivity contribution in [2.45, 2.75) is 26.7 Å². The second kappa shape index (κ2) is 10.3. The van der Waals surface area contributed by atoms with E-state index in [1.54, 1.807) is 12.1 Å². The Morgan fingerprint density at radius 1 is 0.941 bits per heavy atom. The van der Waals surface area contributed by atoms with Gasteiger partial charge < -0.3 is 10.1 Å². The molecule has 34 heavy (non-hydrogen) atoms. The number of benzene rings is 3. The van der Waals surface area contributed by atoms with Gasteiger partial charge in [0.05, 0.1) is 12.2 Å². The first-order valence-corrected chi connectivity index (χ1v) is 11.4. The fraction of sp³-hybridized carbons (Fsp3) is 0.214. The van der Waals surface area contributed by atoms with Crippen LogP contribution in [-0.2, 0) is 16.0 Å². The molecule has 0 saturated heterocycles. The third-order valence-corrected chi connectivity index (χ3v) is 5.62. The zero-order valence-corrected chi connectivity index (χ0v) is 19.3. The molecule has 1 aliphatic heterocycles. The summed E-state index contributed by atoms with van der Waals surface area (Å²) in [5.74, 6) is -0.370. The van der Waals surface area contributed by atoms with Gasteiger partial charge in [0.2, 0.25) is 0 Å². The van der Waals surface area contributed by atoms with E-state index in [0.717, 1.165) is 17.5 Å². The number of imide groups is 1. The van der Waals surface area contributed by atoms with Crippen LogP contribution >= 0.6 is 0 Å². The summed E-state index contributed by atoms with van der Waals surface area (Å²) < 4.78 is 18.9. The Morgan fingerprint density at radius 3 is 2.38 bits per heavy atom. The Hall–Kier alpha value is -3.93. The molecule has 5 nitrogen and oxygen atoms in total. The topological polar surface area (TPSA) is 58.6 Å². The lowest BCUT2D eigenvalue weighted by Gasteiger charge is -2.15. The number of halogens is 1. The predicted molar refractivity (Wildman–Crippen MR) is 131 cm³/mol.